The van der Waals surface area contributed by atoms with Gasteiger partial charge in [-0.2, -0.15) is 0 Å². The molecule has 0 saturated heterocycles. The van der Waals surface area contributed by atoms with Crippen molar-refractivity contribution in [2.24, 2.45) is 10.1 Å². The molecule has 0 fully saturated rings. The Morgan fingerprint density at radius 3 is 2.86 bits per heavy atom. The molecule has 0 saturated carbocycles. The van der Waals surface area contributed by atoms with E-state index >= 15 is 0 Å². The molecule has 0 radical (unpaired) electrons. The highest BCUT2D eigenvalue weighted by Gasteiger charge is 1.62. The van der Waals surface area contributed by atoms with Gasteiger partial charge in [0.25, 0.3) is 0 Å². The second-order valence-corrected chi connectivity index (χ2v) is 1.52. The zero-order chi connectivity index (χ0) is 5.54. The number of allylic oxidation sites excluding steroid dienone is 1. The highest BCUT2D eigenvalue weighted by Crippen LogP contribution is 1.99. The van der Waals surface area contributed by atoms with Crippen LogP contribution in [0.5, 0.6) is 0 Å². The van der Waals surface area contributed by atoms with E-state index in [1.54, 1.807) is 0 Å². The first-order valence-corrected chi connectivity index (χ1v) is 2.76. The van der Waals surface area contributed by atoms with E-state index in [1.807, 2.05) is 18.4 Å². The minimum atomic E-state index is 1.27. The van der Waals surface area contributed by atoms with Crippen molar-refractivity contribution >= 4 is 18.3 Å². The van der Waals surface area contributed by atoms with Crippen molar-refractivity contribution in [1.82, 2.24) is 0 Å². The molecule has 40 valence electrons. The van der Waals surface area contributed by atoms with Crippen LogP contribution in [0.3, 0.4) is 0 Å². The van der Waals surface area contributed by atoms with Gasteiger partial charge in [0.15, 0.2) is 0 Å². The van der Waals surface area contributed by atoms with Crippen molar-refractivity contribution in [3.05, 3.63) is 11.5 Å². The van der Waals surface area contributed by atoms with Crippen LogP contribution in [-0.2, 0) is 0 Å². The molecule has 2 nitrogen and oxygen atoms in total. The van der Waals surface area contributed by atoms with Gasteiger partial charge in [0.05, 0.1) is 6.34 Å². The molecule has 0 bridgehead atoms. The highest BCUT2D eigenvalue weighted by atomic mass is 32.2. The van der Waals surface area contributed by atoms with Gasteiger partial charge in [-0.15, -0.1) is 0 Å². The molecule has 0 aromatic rings. The minimum Gasteiger partial charge on any atom is -0.389 e. The molecule has 0 aliphatic carbocycles. The monoisotopic (exact) mass is 116 g/mol. The van der Waals surface area contributed by atoms with E-state index < -0.39 is 0 Å². The summed E-state index contributed by atoms with van der Waals surface area (Å²) in [6.07, 6.45) is 3.17. The summed E-state index contributed by atoms with van der Waals surface area (Å²) in [6.45, 7) is 1.93. The maximum Gasteiger partial charge on any atom is 0.0941 e. The Labute approximate surface area is 47.6 Å². The van der Waals surface area contributed by atoms with Crippen LogP contribution >= 0.6 is 11.9 Å². The molecule has 0 amide bonds. The van der Waals surface area contributed by atoms with Crippen LogP contribution in [0.4, 0.5) is 0 Å². The Bertz CT molecular complexity index is 67.8. The van der Waals surface area contributed by atoms with Gasteiger partial charge in [0.1, 0.15) is 0 Å². The largest absolute Gasteiger partial charge is 0.389 e. The first-order valence-electron chi connectivity index (χ1n) is 1.92. The van der Waals surface area contributed by atoms with Crippen molar-refractivity contribution in [3.63, 3.8) is 0 Å². The topological polar surface area (TPSA) is 38.4 Å². The van der Waals surface area contributed by atoms with Crippen LogP contribution in [-0.4, -0.2) is 6.34 Å². The molecular formula is C4H8N2S. The van der Waals surface area contributed by atoms with Gasteiger partial charge in [0, 0.05) is 11.9 Å². The predicted molar refractivity (Wildman–Crippen MR) is 35.1 cm³/mol. The first-order chi connectivity index (χ1) is 3.41. The van der Waals surface area contributed by atoms with E-state index in [0.29, 0.717) is 0 Å². The number of nitrogens with two attached hydrogens (primary N) is 1. The van der Waals surface area contributed by atoms with Crippen molar-refractivity contribution < 1.29 is 0 Å². The molecule has 0 spiro atoms. The average molecular weight is 116 g/mol. The van der Waals surface area contributed by atoms with Gasteiger partial charge in [-0.05, 0) is 12.3 Å². The van der Waals surface area contributed by atoms with E-state index in [1.165, 1.54) is 18.3 Å². The van der Waals surface area contributed by atoms with Gasteiger partial charge < -0.3 is 5.73 Å². The summed E-state index contributed by atoms with van der Waals surface area (Å²) in [5.74, 6) is 0. The summed E-state index contributed by atoms with van der Waals surface area (Å²) < 4.78 is 3.64. The fourth-order valence-corrected chi connectivity index (χ4v) is 0.393. The normalized spacial score (nSPS) is 11.6. The molecule has 2 N–H and O–H groups in total. The second kappa shape index (κ2) is 5.56. The minimum absolute atomic E-state index is 1.27. The predicted octanol–water partition coefficient (Wildman–Crippen LogP) is 1.16. The molecule has 3 heteroatoms. The zero-order valence-corrected chi connectivity index (χ0v) is 4.98. The third-order valence-corrected chi connectivity index (χ3v) is 0.956. The highest BCUT2D eigenvalue weighted by molar-refractivity contribution is 8.01. The van der Waals surface area contributed by atoms with Crippen LogP contribution in [0.1, 0.15) is 6.92 Å². The van der Waals surface area contributed by atoms with E-state index in [4.69, 9.17) is 5.73 Å². The number of nitrogens with zero attached hydrogens (tertiary/aromatic N) is 1. The SMILES string of the molecule is C/C=C/SN=CN. The van der Waals surface area contributed by atoms with Crippen LogP contribution < -0.4 is 5.73 Å². The molecule has 0 unspecified atom stereocenters. The molecular weight excluding hydrogens is 108 g/mol. The van der Waals surface area contributed by atoms with E-state index in [0.717, 1.165) is 0 Å². The van der Waals surface area contributed by atoms with Gasteiger partial charge in [0.2, 0.25) is 0 Å². The van der Waals surface area contributed by atoms with Crippen LogP contribution in [0.2, 0.25) is 0 Å². The molecule has 0 atom stereocenters. The van der Waals surface area contributed by atoms with E-state index in [2.05, 4.69) is 4.40 Å². The lowest BCUT2D eigenvalue weighted by atomic mass is 10.8. The maximum atomic E-state index is 4.92. The molecule has 0 aromatic carbocycles. The lowest BCUT2D eigenvalue weighted by Gasteiger charge is -1.73. The lowest BCUT2D eigenvalue weighted by Crippen LogP contribution is -1.84. The summed E-state index contributed by atoms with van der Waals surface area (Å²) in [6, 6.07) is 0. The Morgan fingerprint density at radius 2 is 2.43 bits per heavy atom. The van der Waals surface area contributed by atoms with Crippen LogP contribution in [0, 0.1) is 0 Å². The lowest BCUT2D eigenvalue weighted by molar-refractivity contribution is 1.76. The fraction of sp³-hybridized carbons (Fsp3) is 0.250. The maximum absolute atomic E-state index is 4.92. The van der Waals surface area contributed by atoms with Gasteiger partial charge in [-0.3, -0.25) is 0 Å². The van der Waals surface area contributed by atoms with Gasteiger partial charge >= 0.3 is 0 Å². The Hall–Kier alpha value is -0.440. The molecule has 0 aliphatic rings. The first kappa shape index (κ1) is 6.56. The summed E-state index contributed by atoms with van der Waals surface area (Å²) in [4.78, 5) is 0. The molecule has 0 rings (SSSR count). The van der Waals surface area contributed by atoms with E-state index in [-0.39, 0.29) is 0 Å². The summed E-state index contributed by atoms with van der Waals surface area (Å²) in [5, 5.41) is 1.85. The van der Waals surface area contributed by atoms with Crippen LogP contribution in [0.15, 0.2) is 15.9 Å². The number of hydrogen-bond donors (Lipinski definition) is 1. The quantitative estimate of drug-likeness (QED) is 0.334. The third-order valence-electron chi connectivity index (χ3n) is 0.319. The summed E-state index contributed by atoms with van der Waals surface area (Å²) >= 11 is 1.32. The second-order valence-electron chi connectivity index (χ2n) is 0.829. The van der Waals surface area contributed by atoms with Crippen molar-refractivity contribution in [2.45, 2.75) is 6.92 Å². The van der Waals surface area contributed by atoms with E-state index in [9.17, 15) is 0 Å². The molecule has 0 aliphatic heterocycles. The smallest absolute Gasteiger partial charge is 0.0941 e. The standard InChI is InChI=1S/C4H8N2S/c1-2-3-7-6-4-5/h2-4H,1H3,(H2,5,6)/b3-2+. The molecule has 7 heavy (non-hydrogen) atoms. The average Bonchev–Trinajstić information content (AvgIpc) is 1.69. The zero-order valence-electron chi connectivity index (χ0n) is 4.16. The fourth-order valence-electron chi connectivity index (χ4n) is 0.131. The van der Waals surface area contributed by atoms with Crippen molar-refractivity contribution in [3.8, 4) is 0 Å². The number of rotatable bonds is 2. The van der Waals surface area contributed by atoms with Crippen molar-refractivity contribution in [1.29, 1.82) is 0 Å². The third kappa shape index (κ3) is 5.56. The molecule has 0 aromatic heterocycles. The van der Waals surface area contributed by atoms with Crippen molar-refractivity contribution in [2.75, 3.05) is 0 Å². The Morgan fingerprint density at radius 1 is 1.71 bits per heavy atom. The summed E-state index contributed by atoms with van der Waals surface area (Å²) in [5.41, 5.74) is 4.92. The van der Waals surface area contributed by atoms with Gasteiger partial charge in [-0.1, -0.05) is 6.08 Å². The molecule has 0 heterocycles. The van der Waals surface area contributed by atoms with Crippen LogP contribution in [0.25, 0.3) is 0 Å². The Kier molecular flexibility index (Phi) is 5.21. The summed E-state index contributed by atoms with van der Waals surface area (Å²) in [7, 11) is 0. The Balaban J connectivity index is 2.98. The number of hydrogen-bond acceptors (Lipinski definition) is 2. The van der Waals surface area contributed by atoms with Gasteiger partial charge in [-0.25, -0.2) is 4.40 Å².